The van der Waals surface area contributed by atoms with E-state index in [0.29, 0.717) is 24.7 Å². The molecule has 0 aromatic heterocycles. The van der Waals surface area contributed by atoms with Crippen LogP contribution in [0.2, 0.25) is 0 Å². The molecule has 0 aromatic rings. The Morgan fingerprint density at radius 2 is 1.07 bits per heavy atom. The largest absolute Gasteiger partial charge is 0.429 e. The third-order valence-corrected chi connectivity index (χ3v) is 10.5. The van der Waals surface area contributed by atoms with Crippen molar-refractivity contribution < 1.29 is 29.3 Å². The maximum atomic E-state index is 12.4. The standard InChI is InChI=1S/C24H36O6/c1-19(2)15-9-11-21(19,5)23(27,13-15)29-17(25)7-8-18(26)30-24(28)14-16-10-12-22(24,6)20(16,3)4/h7-8,15-16,27-28H,9-14H2,1-6H3/b8-7-/t15-,16-,21-,22-,23-,24-/m1/s1. The zero-order chi connectivity index (χ0) is 22.4. The highest BCUT2D eigenvalue weighted by atomic mass is 16.7. The topological polar surface area (TPSA) is 93.1 Å². The monoisotopic (exact) mass is 420 g/mol. The highest BCUT2D eigenvalue weighted by Gasteiger charge is 2.71. The van der Waals surface area contributed by atoms with Crippen molar-refractivity contribution in [2.24, 2.45) is 33.5 Å². The minimum Gasteiger partial charge on any atom is -0.429 e. The van der Waals surface area contributed by atoms with Crippen LogP contribution < -0.4 is 0 Å². The summed E-state index contributed by atoms with van der Waals surface area (Å²) in [6.45, 7) is 12.4. The van der Waals surface area contributed by atoms with Gasteiger partial charge in [0.1, 0.15) is 0 Å². The molecule has 6 nitrogen and oxygen atoms in total. The zero-order valence-corrected chi connectivity index (χ0v) is 19.1. The summed E-state index contributed by atoms with van der Waals surface area (Å²) in [5, 5.41) is 22.2. The first-order chi connectivity index (χ1) is 13.6. The van der Waals surface area contributed by atoms with Gasteiger partial charge in [-0.2, -0.15) is 0 Å². The fourth-order valence-corrected chi connectivity index (χ4v) is 7.27. The lowest BCUT2D eigenvalue weighted by Crippen LogP contribution is -2.50. The van der Waals surface area contributed by atoms with Crippen molar-refractivity contribution in [1.29, 1.82) is 0 Å². The van der Waals surface area contributed by atoms with Crippen molar-refractivity contribution in [3.8, 4) is 0 Å². The summed E-state index contributed by atoms with van der Waals surface area (Å²) in [7, 11) is 0. The van der Waals surface area contributed by atoms with E-state index in [1.54, 1.807) is 0 Å². The van der Waals surface area contributed by atoms with E-state index in [1.165, 1.54) is 0 Å². The Balaban J connectivity index is 1.41. The predicted molar refractivity (Wildman–Crippen MR) is 110 cm³/mol. The van der Waals surface area contributed by atoms with Crippen molar-refractivity contribution in [3.05, 3.63) is 12.2 Å². The molecule has 6 atom stereocenters. The molecule has 0 aromatic carbocycles. The van der Waals surface area contributed by atoms with Gasteiger partial charge in [-0.25, -0.2) is 9.59 Å². The lowest BCUT2D eigenvalue weighted by Gasteiger charge is -2.43. The van der Waals surface area contributed by atoms with Crippen LogP contribution >= 0.6 is 0 Å². The fraction of sp³-hybridized carbons (Fsp3) is 0.833. The van der Waals surface area contributed by atoms with E-state index in [9.17, 15) is 19.8 Å². The van der Waals surface area contributed by atoms with Gasteiger partial charge in [-0.3, -0.25) is 0 Å². The van der Waals surface area contributed by atoms with Crippen LogP contribution in [0.15, 0.2) is 12.2 Å². The average Bonchev–Trinajstić information content (AvgIpc) is 3.10. The minimum absolute atomic E-state index is 0.127. The van der Waals surface area contributed by atoms with E-state index in [4.69, 9.17) is 9.47 Å². The van der Waals surface area contributed by atoms with E-state index in [0.717, 1.165) is 37.8 Å². The number of hydrogen-bond donors (Lipinski definition) is 2. The molecule has 30 heavy (non-hydrogen) atoms. The van der Waals surface area contributed by atoms with Gasteiger partial charge in [0.05, 0.1) is 0 Å². The van der Waals surface area contributed by atoms with Gasteiger partial charge in [-0.15, -0.1) is 0 Å². The average molecular weight is 421 g/mol. The molecule has 0 aliphatic heterocycles. The molecule has 4 saturated carbocycles. The summed E-state index contributed by atoms with van der Waals surface area (Å²) in [6.07, 6.45) is 6.43. The van der Waals surface area contributed by atoms with Crippen LogP contribution in [0, 0.1) is 33.5 Å². The molecule has 4 aliphatic carbocycles. The first-order valence-corrected chi connectivity index (χ1v) is 11.2. The van der Waals surface area contributed by atoms with E-state index >= 15 is 0 Å². The molecule has 168 valence electrons. The maximum absolute atomic E-state index is 12.4. The lowest BCUT2D eigenvalue weighted by molar-refractivity contribution is -0.259. The molecule has 0 radical (unpaired) electrons. The van der Waals surface area contributed by atoms with Gasteiger partial charge in [0.15, 0.2) is 0 Å². The fourth-order valence-electron chi connectivity index (χ4n) is 7.27. The van der Waals surface area contributed by atoms with E-state index < -0.39 is 34.3 Å². The highest BCUT2D eigenvalue weighted by Crippen LogP contribution is 2.71. The van der Waals surface area contributed by atoms with Crippen LogP contribution in [-0.4, -0.2) is 33.7 Å². The van der Waals surface area contributed by atoms with Gasteiger partial charge in [0.25, 0.3) is 0 Å². The first kappa shape index (κ1) is 21.8. The second-order valence-electron chi connectivity index (χ2n) is 11.7. The van der Waals surface area contributed by atoms with Gasteiger partial charge in [-0.1, -0.05) is 41.5 Å². The Bertz CT molecular complexity index is 749. The quantitative estimate of drug-likeness (QED) is 0.409. The second-order valence-corrected chi connectivity index (χ2v) is 11.7. The third kappa shape index (κ3) is 2.49. The summed E-state index contributed by atoms with van der Waals surface area (Å²) >= 11 is 0. The molecule has 0 saturated heterocycles. The number of carbonyl (C=O) groups excluding carboxylic acids is 2. The number of aliphatic hydroxyl groups is 2. The first-order valence-electron chi connectivity index (χ1n) is 11.2. The Morgan fingerprint density at radius 3 is 1.30 bits per heavy atom. The van der Waals surface area contributed by atoms with Crippen LogP contribution in [0.5, 0.6) is 0 Å². The molecule has 6 heteroatoms. The van der Waals surface area contributed by atoms with E-state index in [-0.39, 0.29) is 10.8 Å². The number of esters is 2. The Kier molecular flexibility index (Phi) is 4.43. The van der Waals surface area contributed by atoms with Gasteiger partial charge in [0, 0.05) is 35.8 Å². The van der Waals surface area contributed by atoms with Gasteiger partial charge >= 0.3 is 11.9 Å². The maximum Gasteiger partial charge on any atom is 0.333 e. The normalized spacial score (nSPS) is 47.7. The molecule has 0 unspecified atom stereocenters. The molecule has 0 amide bonds. The molecule has 4 rings (SSSR count). The SMILES string of the molecule is CC1(C)[C@@H]2CC[C@@]1(C)[C@](O)(OC(=O)/C=C\C(=O)O[C@]1(O)C[C@H]3CC[C@]1(C)C3(C)C)C2. The number of ether oxygens (including phenoxy) is 2. The number of fused-ring (bicyclic) bond motifs is 4. The summed E-state index contributed by atoms with van der Waals surface area (Å²) in [5.74, 6) is -4.03. The molecule has 0 heterocycles. The van der Waals surface area contributed by atoms with E-state index in [2.05, 4.69) is 27.7 Å². The second kappa shape index (κ2) is 6.10. The molecular formula is C24H36O6. The molecule has 4 aliphatic rings. The highest BCUT2D eigenvalue weighted by molar-refractivity contribution is 5.92. The van der Waals surface area contributed by atoms with Crippen LogP contribution in [0.1, 0.15) is 80.1 Å². The van der Waals surface area contributed by atoms with Gasteiger partial charge < -0.3 is 19.7 Å². The predicted octanol–water partition coefficient (Wildman–Crippen LogP) is 3.70. The molecular weight excluding hydrogens is 384 g/mol. The van der Waals surface area contributed by atoms with Crippen molar-refractivity contribution in [2.45, 2.75) is 91.6 Å². The number of rotatable bonds is 4. The van der Waals surface area contributed by atoms with Crippen molar-refractivity contribution >= 4 is 11.9 Å². The van der Waals surface area contributed by atoms with Crippen LogP contribution in [-0.2, 0) is 19.1 Å². The summed E-state index contributed by atoms with van der Waals surface area (Å²) in [6, 6.07) is 0. The van der Waals surface area contributed by atoms with Crippen LogP contribution in [0.4, 0.5) is 0 Å². The van der Waals surface area contributed by atoms with Gasteiger partial charge in [-0.05, 0) is 48.3 Å². The summed E-state index contributed by atoms with van der Waals surface area (Å²) < 4.78 is 11.0. The van der Waals surface area contributed by atoms with Crippen LogP contribution in [0.25, 0.3) is 0 Å². The number of hydrogen-bond acceptors (Lipinski definition) is 6. The molecule has 0 spiro atoms. The van der Waals surface area contributed by atoms with Crippen molar-refractivity contribution in [3.63, 3.8) is 0 Å². The molecule has 4 fully saturated rings. The van der Waals surface area contributed by atoms with E-state index in [1.807, 2.05) is 13.8 Å². The van der Waals surface area contributed by atoms with Crippen LogP contribution in [0.3, 0.4) is 0 Å². The Hall–Kier alpha value is -1.40. The molecule has 4 bridgehead atoms. The number of carbonyl (C=O) groups is 2. The zero-order valence-electron chi connectivity index (χ0n) is 19.1. The lowest BCUT2D eigenvalue weighted by atomic mass is 9.68. The smallest absolute Gasteiger partial charge is 0.333 e. The van der Waals surface area contributed by atoms with Crippen molar-refractivity contribution in [1.82, 2.24) is 0 Å². The third-order valence-electron chi connectivity index (χ3n) is 10.5. The summed E-state index contributed by atoms with van der Waals surface area (Å²) in [4.78, 5) is 24.8. The Labute approximate surface area is 179 Å². The summed E-state index contributed by atoms with van der Waals surface area (Å²) in [5.41, 5.74) is -1.30. The van der Waals surface area contributed by atoms with Gasteiger partial charge in [0.2, 0.25) is 11.6 Å². The Morgan fingerprint density at radius 1 is 0.733 bits per heavy atom. The minimum atomic E-state index is -1.54. The molecule has 2 N–H and O–H groups in total. The van der Waals surface area contributed by atoms with Crippen molar-refractivity contribution in [2.75, 3.05) is 0 Å².